The highest BCUT2D eigenvalue weighted by Crippen LogP contribution is 2.20. The number of hydrogen-bond acceptors (Lipinski definition) is 4. The number of nitrogens with one attached hydrogen (secondary N) is 2. The van der Waals surface area contributed by atoms with Gasteiger partial charge >= 0.3 is 0 Å². The second-order valence-electron chi connectivity index (χ2n) is 6.24. The van der Waals surface area contributed by atoms with E-state index in [-0.39, 0.29) is 24.0 Å². The van der Waals surface area contributed by atoms with Crippen molar-refractivity contribution in [1.29, 1.82) is 0 Å². The lowest BCUT2D eigenvalue weighted by atomic mass is 10.1. The Morgan fingerprint density at radius 1 is 1.19 bits per heavy atom. The summed E-state index contributed by atoms with van der Waals surface area (Å²) in [6.45, 7) is 6.10. The summed E-state index contributed by atoms with van der Waals surface area (Å²) >= 11 is 0. The third-order valence-electron chi connectivity index (χ3n) is 3.93. The van der Waals surface area contributed by atoms with Gasteiger partial charge in [-0.25, -0.2) is 9.98 Å². The molecule has 0 spiro atoms. The highest BCUT2D eigenvalue weighted by Gasteiger charge is 2.07. The van der Waals surface area contributed by atoms with E-state index < -0.39 is 0 Å². The maximum Gasteiger partial charge on any atom is 0.191 e. The first-order chi connectivity index (χ1) is 12.5. The van der Waals surface area contributed by atoms with Crippen LogP contribution in [0, 0.1) is 6.92 Å². The number of halogens is 1. The molecule has 6 nitrogen and oxygen atoms in total. The van der Waals surface area contributed by atoms with Crippen molar-refractivity contribution < 1.29 is 4.74 Å². The minimum atomic E-state index is 0. The molecule has 1 aromatic carbocycles. The number of hydrogen-bond donors (Lipinski definition) is 2. The van der Waals surface area contributed by atoms with Gasteiger partial charge in [-0.2, -0.15) is 0 Å². The lowest BCUT2D eigenvalue weighted by Crippen LogP contribution is -2.37. The van der Waals surface area contributed by atoms with Crippen LogP contribution in [0.1, 0.15) is 23.6 Å². The molecule has 0 fully saturated rings. The molecule has 27 heavy (non-hydrogen) atoms. The van der Waals surface area contributed by atoms with Crippen LogP contribution in [0.4, 0.5) is 5.82 Å². The van der Waals surface area contributed by atoms with Crippen molar-refractivity contribution in [2.24, 2.45) is 4.99 Å². The maximum absolute atomic E-state index is 5.47. The average molecular weight is 483 g/mol. The zero-order valence-electron chi connectivity index (χ0n) is 16.7. The lowest BCUT2D eigenvalue weighted by molar-refractivity contribution is 0.409. The van der Waals surface area contributed by atoms with E-state index in [2.05, 4.69) is 47.7 Å². The molecule has 0 saturated heterocycles. The molecule has 0 aliphatic heterocycles. The van der Waals surface area contributed by atoms with Crippen molar-refractivity contribution in [2.45, 2.75) is 26.9 Å². The van der Waals surface area contributed by atoms with Gasteiger partial charge < -0.3 is 20.3 Å². The molecular weight excluding hydrogens is 453 g/mol. The third kappa shape index (κ3) is 6.89. The average Bonchev–Trinajstić information content (AvgIpc) is 2.64. The first kappa shape index (κ1) is 23.0. The molecule has 2 rings (SSSR count). The molecule has 1 heterocycles. The van der Waals surface area contributed by atoms with E-state index in [0.29, 0.717) is 13.1 Å². The SMILES string of the molecule is CCNC(=NCc1ccc(C)cc1OC)NCc1cccnc1N(C)C.I. The van der Waals surface area contributed by atoms with Crippen LogP contribution in [0.2, 0.25) is 0 Å². The second kappa shape index (κ2) is 11.6. The first-order valence-electron chi connectivity index (χ1n) is 8.82. The van der Waals surface area contributed by atoms with Crippen molar-refractivity contribution in [2.75, 3.05) is 32.6 Å². The topological polar surface area (TPSA) is 61.8 Å². The Labute approximate surface area is 179 Å². The summed E-state index contributed by atoms with van der Waals surface area (Å²) < 4.78 is 5.47. The molecule has 0 aliphatic rings. The number of aryl methyl sites for hydroxylation is 1. The summed E-state index contributed by atoms with van der Waals surface area (Å²) in [5, 5.41) is 6.67. The number of aromatic nitrogens is 1. The fourth-order valence-corrected chi connectivity index (χ4v) is 2.64. The van der Waals surface area contributed by atoms with Gasteiger partial charge in [0.25, 0.3) is 0 Å². The minimum absolute atomic E-state index is 0. The van der Waals surface area contributed by atoms with E-state index in [1.807, 2.05) is 37.3 Å². The number of pyridine rings is 1. The molecule has 0 bridgehead atoms. The van der Waals surface area contributed by atoms with Crippen LogP contribution in [0.5, 0.6) is 5.75 Å². The molecule has 0 saturated carbocycles. The van der Waals surface area contributed by atoms with Crippen molar-refractivity contribution >= 4 is 35.8 Å². The van der Waals surface area contributed by atoms with Gasteiger partial charge in [-0.1, -0.05) is 18.2 Å². The standard InChI is InChI=1S/C20H29N5O.HI/c1-6-21-20(23-13-16-10-9-15(2)12-18(16)26-5)24-14-17-8-7-11-22-19(17)25(3)4;/h7-12H,6,13-14H2,1-5H3,(H2,21,23,24);1H. The van der Waals surface area contributed by atoms with Gasteiger partial charge in [0.2, 0.25) is 0 Å². The Morgan fingerprint density at radius 2 is 1.96 bits per heavy atom. The Hall–Kier alpha value is -2.03. The summed E-state index contributed by atoms with van der Waals surface area (Å²) in [6, 6.07) is 10.2. The van der Waals surface area contributed by atoms with Crippen LogP contribution >= 0.6 is 24.0 Å². The van der Waals surface area contributed by atoms with Gasteiger partial charge in [0.1, 0.15) is 11.6 Å². The summed E-state index contributed by atoms with van der Waals surface area (Å²) in [5.74, 6) is 2.59. The molecule has 2 aromatic rings. The number of nitrogens with zero attached hydrogens (tertiary/aromatic N) is 3. The number of guanidine groups is 1. The van der Waals surface area contributed by atoms with Crippen LogP contribution in [-0.4, -0.2) is 38.7 Å². The van der Waals surface area contributed by atoms with Crippen LogP contribution in [0.25, 0.3) is 0 Å². The molecule has 148 valence electrons. The van der Waals surface area contributed by atoms with Crippen molar-refractivity contribution in [3.8, 4) is 5.75 Å². The van der Waals surface area contributed by atoms with Crippen LogP contribution < -0.4 is 20.3 Å². The van der Waals surface area contributed by atoms with Crippen LogP contribution in [-0.2, 0) is 13.1 Å². The number of aliphatic imine (C=N–C) groups is 1. The number of anilines is 1. The van der Waals surface area contributed by atoms with Gasteiger partial charge in [0.05, 0.1) is 13.7 Å². The Balaban J connectivity index is 0.00000364. The maximum atomic E-state index is 5.47. The van der Waals surface area contributed by atoms with Crippen LogP contribution in [0.15, 0.2) is 41.5 Å². The molecule has 0 radical (unpaired) electrons. The fourth-order valence-electron chi connectivity index (χ4n) is 2.64. The van der Waals surface area contributed by atoms with E-state index in [9.17, 15) is 0 Å². The monoisotopic (exact) mass is 483 g/mol. The Morgan fingerprint density at radius 3 is 2.63 bits per heavy atom. The molecule has 0 amide bonds. The summed E-state index contributed by atoms with van der Waals surface area (Å²) in [7, 11) is 5.68. The smallest absolute Gasteiger partial charge is 0.191 e. The predicted octanol–water partition coefficient (Wildman–Crippen LogP) is 3.34. The van der Waals surface area contributed by atoms with Gasteiger partial charge in [-0.3, -0.25) is 0 Å². The minimum Gasteiger partial charge on any atom is -0.496 e. The number of benzene rings is 1. The van der Waals surface area contributed by atoms with Crippen molar-refractivity contribution in [3.63, 3.8) is 0 Å². The number of ether oxygens (including phenoxy) is 1. The predicted molar refractivity (Wildman–Crippen MR) is 123 cm³/mol. The Bertz CT molecular complexity index is 749. The van der Waals surface area contributed by atoms with Gasteiger partial charge in [-0.15, -0.1) is 24.0 Å². The van der Waals surface area contributed by atoms with Crippen molar-refractivity contribution in [1.82, 2.24) is 15.6 Å². The lowest BCUT2D eigenvalue weighted by Gasteiger charge is -2.17. The number of rotatable bonds is 7. The molecule has 2 N–H and O–H groups in total. The molecule has 0 atom stereocenters. The molecular formula is C20H30IN5O. The van der Waals surface area contributed by atoms with E-state index in [1.54, 1.807) is 7.11 Å². The third-order valence-corrected chi connectivity index (χ3v) is 3.93. The Kier molecular flexibility index (Phi) is 9.92. The van der Waals surface area contributed by atoms with Crippen LogP contribution in [0.3, 0.4) is 0 Å². The normalized spacial score (nSPS) is 10.8. The summed E-state index contributed by atoms with van der Waals surface area (Å²) in [5.41, 5.74) is 3.36. The number of methoxy groups -OCH3 is 1. The zero-order chi connectivity index (χ0) is 18.9. The molecule has 0 unspecified atom stereocenters. The first-order valence-corrected chi connectivity index (χ1v) is 8.82. The highest BCUT2D eigenvalue weighted by molar-refractivity contribution is 14.0. The largest absolute Gasteiger partial charge is 0.496 e. The van der Waals surface area contributed by atoms with Crippen molar-refractivity contribution in [3.05, 3.63) is 53.2 Å². The quantitative estimate of drug-likeness (QED) is 0.360. The summed E-state index contributed by atoms with van der Waals surface area (Å²) in [6.07, 6.45) is 1.81. The molecule has 7 heteroatoms. The fraction of sp³-hybridized carbons (Fsp3) is 0.400. The highest BCUT2D eigenvalue weighted by atomic mass is 127. The zero-order valence-corrected chi connectivity index (χ0v) is 19.1. The van der Waals surface area contributed by atoms with Gasteiger partial charge in [0.15, 0.2) is 5.96 Å². The van der Waals surface area contributed by atoms with E-state index in [0.717, 1.165) is 35.2 Å². The van der Waals surface area contributed by atoms with E-state index in [1.165, 1.54) is 5.56 Å². The molecule has 1 aromatic heterocycles. The van der Waals surface area contributed by atoms with E-state index in [4.69, 9.17) is 9.73 Å². The second-order valence-corrected chi connectivity index (χ2v) is 6.24. The van der Waals surface area contributed by atoms with Gasteiger partial charge in [-0.05, 0) is 31.5 Å². The van der Waals surface area contributed by atoms with Gasteiger partial charge in [0, 0.05) is 44.5 Å². The van der Waals surface area contributed by atoms with E-state index >= 15 is 0 Å². The molecule has 0 aliphatic carbocycles. The summed E-state index contributed by atoms with van der Waals surface area (Å²) in [4.78, 5) is 11.1.